The largest absolute Gasteiger partial charge is 0.494 e. The molecule has 1 aliphatic rings. The van der Waals surface area contributed by atoms with E-state index in [1.807, 2.05) is 12.1 Å². The van der Waals surface area contributed by atoms with Crippen LogP contribution >= 0.6 is 11.6 Å². The van der Waals surface area contributed by atoms with Crippen LogP contribution in [-0.2, 0) is 22.3 Å². The van der Waals surface area contributed by atoms with Gasteiger partial charge in [-0.3, -0.25) is 9.00 Å². The third kappa shape index (κ3) is 4.42. The summed E-state index contributed by atoms with van der Waals surface area (Å²) in [6.07, 6.45) is 2.05. The van der Waals surface area contributed by atoms with E-state index in [1.165, 1.54) is 0 Å². The summed E-state index contributed by atoms with van der Waals surface area (Å²) in [4.78, 5) is 12.9. The summed E-state index contributed by atoms with van der Waals surface area (Å²) in [6.45, 7) is 2.77. The highest BCUT2D eigenvalue weighted by Gasteiger charge is 2.28. The van der Waals surface area contributed by atoms with Gasteiger partial charge in [0.2, 0.25) is 0 Å². The number of halogens is 1. The molecule has 0 radical (unpaired) electrons. The van der Waals surface area contributed by atoms with Crippen LogP contribution < -0.4 is 10.1 Å². The fraction of sp³-hybridized carbons (Fsp3) is 0.273. The van der Waals surface area contributed by atoms with Crippen LogP contribution in [0.5, 0.6) is 5.75 Å². The van der Waals surface area contributed by atoms with Crippen molar-refractivity contribution in [3.05, 3.63) is 70.4 Å². The van der Waals surface area contributed by atoms with Crippen LogP contribution in [0.3, 0.4) is 0 Å². The maximum atomic E-state index is 12.9. The van der Waals surface area contributed by atoms with E-state index >= 15 is 0 Å². The fourth-order valence-electron chi connectivity index (χ4n) is 3.27. The second kappa shape index (κ2) is 9.02. The molecule has 1 aromatic heterocycles. The monoisotopic (exact) mass is 443 g/mol. The zero-order valence-corrected chi connectivity index (χ0v) is 18.1. The van der Waals surface area contributed by atoms with Gasteiger partial charge in [0.1, 0.15) is 11.6 Å². The standard InChI is InChI=1S/C22H22ClN3O3S/c1-2-3-11-29-18-9-7-15(8-10-18)22(27)24-21-19-13-30(28)14-20(19)25-26(21)17-6-4-5-16(23)12-17/h4-10,12H,2-3,11,13-14H2,1H3,(H,24,27). The lowest BCUT2D eigenvalue weighted by Gasteiger charge is -2.12. The van der Waals surface area contributed by atoms with Gasteiger partial charge >= 0.3 is 0 Å². The first-order chi connectivity index (χ1) is 14.5. The normalized spacial score (nSPS) is 15.1. The second-order valence-electron chi connectivity index (χ2n) is 7.07. The molecule has 0 fully saturated rings. The van der Waals surface area contributed by atoms with Gasteiger partial charge in [-0.2, -0.15) is 5.10 Å². The smallest absolute Gasteiger partial charge is 0.256 e. The third-order valence-electron chi connectivity index (χ3n) is 4.84. The minimum Gasteiger partial charge on any atom is -0.494 e. The number of nitrogens with one attached hydrogen (secondary N) is 1. The quantitative estimate of drug-likeness (QED) is 0.536. The summed E-state index contributed by atoms with van der Waals surface area (Å²) in [6, 6.07) is 14.3. The third-order valence-corrected chi connectivity index (χ3v) is 6.28. The number of hydrogen-bond acceptors (Lipinski definition) is 4. The molecule has 8 heteroatoms. The molecule has 4 rings (SSSR count). The van der Waals surface area contributed by atoms with Crippen molar-refractivity contribution in [2.24, 2.45) is 0 Å². The van der Waals surface area contributed by atoms with Gasteiger partial charge in [-0.1, -0.05) is 31.0 Å². The first-order valence-electron chi connectivity index (χ1n) is 9.81. The summed E-state index contributed by atoms with van der Waals surface area (Å²) in [5.41, 5.74) is 2.78. The second-order valence-corrected chi connectivity index (χ2v) is 8.97. The Morgan fingerprint density at radius 3 is 2.77 bits per heavy atom. The molecule has 6 nitrogen and oxygen atoms in total. The van der Waals surface area contributed by atoms with Crippen LogP contribution in [0.25, 0.3) is 5.69 Å². The Morgan fingerprint density at radius 1 is 1.23 bits per heavy atom. The molecule has 1 aliphatic heterocycles. The van der Waals surface area contributed by atoms with Crippen LogP contribution in [0, 0.1) is 0 Å². The lowest BCUT2D eigenvalue weighted by molar-refractivity contribution is 0.102. The van der Waals surface area contributed by atoms with E-state index in [2.05, 4.69) is 17.3 Å². The van der Waals surface area contributed by atoms with Crippen LogP contribution in [0.1, 0.15) is 41.4 Å². The van der Waals surface area contributed by atoms with Crippen molar-refractivity contribution >= 4 is 34.1 Å². The van der Waals surface area contributed by atoms with E-state index in [0.717, 1.165) is 35.5 Å². The number of carbonyl (C=O) groups excluding carboxylic acids is 1. The Morgan fingerprint density at radius 2 is 2.03 bits per heavy atom. The maximum Gasteiger partial charge on any atom is 0.256 e. The molecule has 2 aromatic carbocycles. The van der Waals surface area contributed by atoms with Gasteiger partial charge in [-0.15, -0.1) is 0 Å². The molecule has 1 N–H and O–H groups in total. The lowest BCUT2D eigenvalue weighted by atomic mass is 10.2. The summed E-state index contributed by atoms with van der Waals surface area (Å²) in [7, 11) is -1.00. The molecule has 3 aromatic rings. The molecular weight excluding hydrogens is 422 g/mol. The Labute approximate surface area is 182 Å². The number of benzene rings is 2. The topological polar surface area (TPSA) is 73.2 Å². The van der Waals surface area contributed by atoms with Crippen molar-refractivity contribution in [3.8, 4) is 11.4 Å². The molecule has 0 spiro atoms. The Balaban J connectivity index is 1.59. The number of unbranched alkanes of at least 4 members (excludes halogenated alkanes) is 1. The highest BCUT2D eigenvalue weighted by atomic mass is 35.5. The zero-order valence-electron chi connectivity index (χ0n) is 16.6. The van der Waals surface area contributed by atoms with Crippen LogP contribution in [0.15, 0.2) is 48.5 Å². The fourth-order valence-corrected chi connectivity index (χ4v) is 4.72. The first kappa shape index (κ1) is 20.6. The summed E-state index contributed by atoms with van der Waals surface area (Å²) >= 11 is 6.14. The number of nitrogens with zero attached hydrogens (tertiary/aromatic N) is 2. The van der Waals surface area contributed by atoms with Crippen LogP contribution in [0.4, 0.5) is 5.82 Å². The average Bonchev–Trinajstić information content (AvgIpc) is 3.25. The summed E-state index contributed by atoms with van der Waals surface area (Å²) in [5.74, 6) is 1.76. The Hall–Kier alpha value is -2.64. The van der Waals surface area contributed by atoms with E-state index in [9.17, 15) is 9.00 Å². The van der Waals surface area contributed by atoms with Crippen LogP contribution in [0.2, 0.25) is 5.02 Å². The van der Waals surface area contributed by atoms with E-state index in [0.29, 0.717) is 34.5 Å². The molecular formula is C22H22ClN3O3S. The molecule has 156 valence electrons. The highest BCUT2D eigenvalue weighted by molar-refractivity contribution is 7.83. The van der Waals surface area contributed by atoms with Gasteiger partial charge in [0.15, 0.2) is 0 Å². The number of amides is 1. The molecule has 1 amide bonds. The number of hydrogen-bond donors (Lipinski definition) is 1. The van der Waals surface area contributed by atoms with Gasteiger partial charge in [-0.05, 0) is 48.9 Å². The lowest BCUT2D eigenvalue weighted by Crippen LogP contribution is -2.16. The van der Waals surface area contributed by atoms with Crippen molar-refractivity contribution in [3.63, 3.8) is 0 Å². The Bertz CT molecular complexity index is 1100. The maximum absolute atomic E-state index is 12.9. The number of anilines is 1. The molecule has 30 heavy (non-hydrogen) atoms. The van der Waals surface area contributed by atoms with Gasteiger partial charge in [-0.25, -0.2) is 4.68 Å². The first-order valence-corrected chi connectivity index (χ1v) is 11.7. The average molecular weight is 444 g/mol. The molecule has 1 atom stereocenters. The van der Waals surface area contributed by atoms with Crippen molar-refractivity contribution in [1.82, 2.24) is 9.78 Å². The molecule has 2 heterocycles. The summed E-state index contributed by atoms with van der Waals surface area (Å²) < 4.78 is 19.3. The summed E-state index contributed by atoms with van der Waals surface area (Å²) in [5, 5.41) is 8.12. The van der Waals surface area contributed by atoms with Crippen molar-refractivity contribution in [2.45, 2.75) is 31.3 Å². The predicted octanol–water partition coefficient (Wildman–Crippen LogP) is 4.72. The van der Waals surface area contributed by atoms with Gasteiger partial charge in [0, 0.05) is 26.9 Å². The Kier molecular flexibility index (Phi) is 6.20. The van der Waals surface area contributed by atoms with E-state index in [1.54, 1.807) is 41.1 Å². The van der Waals surface area contributed by atoms with Crippen molar-refractivity contribution in [1.29, 1.82) is 0 Å². The van der Waals surface area contributed by atoms with Gasteiger partial charge in [0.05, 0.1) is 29.5 Å². The van der Waals surface area contributed by atoms with E-state index < -0.39 is 10.8 Å². The minimum absolute atomic E-state index is 0.265. The van der Waals surface area contributed by atoms with Crippen molar-refractivity contribution in [2.75, 3.05) is 11.9 Å². The predicted molar refractivity (Wildman–Crippen MR) is 119 cm³/mol. The molecule has 0 saturated heterocycles. The molecule has 0 aliphatic carbocycles. The molecule has 0 saturated carbocycles. The number of rotatable bonds is 7. The van der Waals surface area contributed by atoms with Gasteiger partial charge < -0.3 is 10.1 Å². The molecule has 0 bridgehead atoms. The minimum atomic E-state index is -1.00. The van der Waals surface area contributed by atoms with E-state index in [4.69, 9.17) is 16.3 Å². The number of aromatic nitrogens is 2. The SMILES string of the molecule is CCCCOc1ccc(C(=O)Nc2c3c(nn2-c2cccc(Cl)c2)CS(=O)C3)cc1. The molecule has 1 unspecified atom stereocenters. The highest BCUT2D eigenvalue weighted by Crippen LogP contribution is 2.32. The number of carbonyl (C=O) groups is 1. The van der Waals surface area contributed by atoms with Gasteiger partial charge in [0.25, 0.3) is 5.91 Å². The zero-order chi connectivity index (χ0) is 21.1. The van der Waals surface area contributed by atoms with Crippen LogP contribution in [-0.4, -0.2) is 26.5 Å². The number of fused-ring (bicyclic) bond motifs is 1. The van der Waals surface area contributed by atoms with Crippen molar-refractivity contribution < 1.29 is 13.7 Å². The number of ether oxygens (including phenoxy) is 1. The van der Waals surface area contributed by atoms with E-state index in [-0.39, 0.29) is 5.91 Å².